The van der Waals surface area contributed by atoms with Gasteiger partial charge in [-0.05, 0) is 38.2 Å². The van der Waals surface area contributed by atoms with Crippen molar-refractivity contribution < 1.29 is 9.47 Å². The second-order valence-electron chi connectivity index (χ2n) is 5.37. The van der Waals surface area contributed by atoms with E-state index in [4.69, 9.17) is 14.5 Å². The number of methoxy groups -OCH3 is 2. The average molecular weight is 286 g/mol. The van der Waals surface area contributed by atoms with Gasteiger partial charge >= 0.3 is 0 Å². The quantitative estimate of drug-likeness (QED) is 0.933. The molecule has 3 rings (SSSR count). The van der Waals surface area contributed by atoms with E-state index >= 15 is 0 Å². The molecule has 0 amide bonds. The summed E-state index contributed by atoms with van der Waals surface area (Å²) >= 11 is 0. The molecule has 2 aromatic rings. The molecule has 1 heterocycles. The molecule has 0 saturated heterocycles. The first-order valence-electron chi connectivity index (χ1n) is 7.59. The first-order chi connectivity index (χ1) is 10.3. The Labute approximate surface area is 125 Å². The third kappa shape index (κ3) is 2.39. The van der Waals surface area contributed by atoms with E-state index < -0.39 is 0 Å². The molecule has 21 heavy (non-hydrogen) atoms. The maximum Gasteiger partial charge on any atom is 0.134 e. The number of hydrogen-bond donors (Lipinski definition) is 1. The first kappa shape index (κ1) is 14.0. The van der Waals surface area contributed by atoms with Crippen molar-refractivity contribution in [2.75, 3.05) is 26.1 Å². The summed E-state index contributed by atoms with van der Waals surface area (Å²) in [6.07, 6.45) is 4.61. The van der Waals surface area contributed by atoms with Crippen LogP contribution in [0.15, 0.2) is 12.1 Å². The zero-order valence-electron chi connectivity index (χ0n) is 13.0. The van der Waals surface area contributed by atoms with Crippen LogP contribution in [0, 0.1) is 0 Å². The number of aryl methyl sites for hydroxylation is 1. The summed E-state index contributed by atoms with van der Waals surface area (Å²) in [6.45, 7) is 3.01. The van der Waals surface area contributed by atoms with Gasteiger partial charge in [-0.25, -0.2) is 0 Å². The normalized spacial score (nSPS) is 13.9. The van der Waals surface area contributed by atoms with Crippen LogP contribution < -0.4 is 14.8 Å². The molecule has 0 unspecified atom stereocenters. The smallest absolute Gasteiger partial charge is 0.134 e. The number of rotatable bonds is 4. The lowest BCUT2D eigenvalue weighted by atomic mass is 9.92. The monoisotopic (exact) mass is 286 g/mol. The molecular weight excluding hydrogens is 264 g/mol. The summed E-state index contributed by atoms with van der Waals surface area (Å²) in [6, 6.07) is 3.92. The van der Waals surface area contributed by atoms with Crippen LogP contribution in [0.1, 0.15) is 31.0 Å². The van der Waals surface area contributed by atoms with Crippen LogP contribution in [0.5, 0.6) is 11.5 Å². The largest absolute Gasteiger partial charge is 0.497 e. The Bertz CT molecular complexity index is 668. The molecule has 1 N–H and O–H groups in total. The minimum Gasteiger partial charge on any atom is -0.497 e. The van der Waals surface area contributed by atoms with Gasteiger partial charge in [0.2, 0.25) is 0 Å². The molecule has 0 saturated carbocycles. The predicted octanol–water partition coefficient (Wildman–Crippen LogP) is 3.56. The zero-order chi connectivity index (χ0) is 14.8. The van der Waals surface area contributed by atoms with Crippen molar-refractivity contribution >= 4 is 16.6 Å². The average Bonchev–Trinajstić information content (AvgIpc) is 2.53. The molecule has 112 valence electrons. The van der Waals surface area contributed by atoms with Crippen molar-refractivity contribution in [2.24, 2.45) is 0 Å². The van der Waals surface area contributed by atoms with Crippen LogP contribution in [0.25, 0.3) is 10.9 Å². The molecule has 0 fully saturated rings. The summed E-state index contributed by atoms with van der Waals surface area (Å²) in [5, 5.41) is 4.60. The van der Waals surface area contributed by atoms with E-state index in [1.165, 1.54) is 29.8 Å². The van der Waals surface area contributed by atoms with Gasteiger partial charge in [-0.15, -0.1) is 0 Å². The third-order valence-corrected chi connectivity index (χ3v) is 4.11. The van der Waals surface area contributed by atoms with Crippen molar-refractivity contribution in [2.45, 2.75) is 32.6 Å². The Morgan fingerprint density at radius 2 is 1.95 bits per heavy atom. The fourth-order valence-electron chi connectivity index (χ4n) is 3.14. The number of hydrogen-bond acceptors (Lipinski definition) is 4. The van der Waals surface area contributed by atoms with Crippen LogP contribution >= 0.6 is 0 Å². The number of nitrogens with one attached hydrogen (secondary N) is 1. The van der Waals surface area contributed by atoms with Gasteiger partial charge in [0.15, 0.2) is 0 Å². The van der Waals surface area contributed by atoms with Gasteiger partial charge in [0.1, 0.15) is 11.5 Å². The van der Waals surface area contributed by atoms with Gasteiger partial charge in [-0.2, -0.15) is 0 Å². The number of benzene rings is 1. The highest BCUT2D eigenvalue weighted by Crippen LogP contribution is 2.40. The summed E-state index contributed by atoms with van der Waals surface area (Å²) in [4.78, 5) is 4.88. The van der Waals surface area contributed by atoms with Gasteiger partial charge in [-0.3, -0.25) is 4.98 Å². The second kappa shape index (κ2) is 5.80. The predicted molar refractivity (Wildman–Crippen MR) is 85.7 cm³/mol. The van der Waals surface area contributed by atoms with E-state index in [0.29, 0.717) is 0 Å². The van der Waals surface area contributed by atoms with Crippen molar-refractivity contribution in [3.8, 4) is 11.5 Å². The van der Waals surface area contributed by atoms with Gasteiger partial charge in [0, 0.05) is 24.4 Å². The van der Waals surface area contributed by atoms with E-state index in [1.54, 1.807) is 14.2 Å². The Hall–Kier alpha value is -1.97. The van der Waals surface area contributed by atoms with Crippen LogP contribution in [-0.2, 0) is 12.8 Å². The summed E-state index contributed by atoms with van der Waals surface area (Å²) in [7, 11) is 3.37. The highest BCUT2D eigenvalue weighted by atomic mass is 16.5. The van der Waals surface area contributed by atoms with Gasteiger partial charge in [-0.1, -0.05) is 0 Å². The Morgan fingerprint density at radius 1 is 1.14 bits per heavy atom. The van der Waals surface area contributed by atoms with Gasteiger partial charge < -0.3 is 14.8 Å². The highest BCUT2D eigenvalue weighted by molar-refractivity contribution is 5.99. The maximum atomic E-state index is 5.59. The summed E-state index contributed by atoms with van der Waals surface area (Å²) < 4.78 is 11.0. The molecule has 0 spiro atoms. The molecule has 0 aliphatic heterocycles. The first-order valence-corrected chi connectivity index (χ1v) is 7.59. The molecular formula is C17H22N2O2. The number of ether oxygens (including phenoxy) is 2. The minimum atomic E-state index is 0.782. The van der Waals surface area contributed by atoms with Crippen molar-refractivity contribution in [1.29, 1.82) is 0 Å². The molecule has 1 aliphatic rings. The number of anilines is 1. The fourth-order valence-corrected chi connectivity index (χ4v) is 3.14. The Balaban J connectivity index is 2.34. The topological polar surface area (TPSA) is 43.4 Å². The minimum absolute atomic E-state index is 0.782. The highest BCUT2D eigenvalue weighted by Gasteiger charge is 2.20. The molecule has 1 aromatic carbocycles. The van der Waals surface area contributed by atoms with Gasteiger partial charge in [0.05, 0.1) is 30.8 Å². The third-order valence-electron chi connectivity index (χ3n) is 4.11. The molecule has 0 radical (unpaired) electrons. The SMILES string of the molecule is CCNc1c2c(nc3cc(OC)cc(OC)c13)CCCC2. The lowest BCUT2D eigenvalue weighted by Crippen LogP contribution is -2.11. The van der Waals surface area contributed by atoms with Crippen LogP contribution in [0.4, 0.5) is 5.69 Å². The van der Waals surface area contributed by atoms with Crippen molar-refractivity contribution in [3.05, 3.63) is 23.4 Å². The van der Waals surface area contributed by atoms with Gasteiger partial charge in [0.25, 0.3) is 0 Å². The van der Waals surface area contributed by atoms with Crippen molar-refractivity contribution in [3.63, 3.8) is 0 Å². The van der Waals surface area contributed by atoms with Crippen LogP contribution in [0.2, 0.25) is 0 Å². The lowest BCUT2D eigenvalue weighted by molar-refractivity contribution is 0.398. The standard InChI is InChI=1S/C17H22N2O2/c1-4-18-17-12-7-5-6-8-13(12)19-14-9-11(20-2)10-15(21-3)16(14)17/h9-10H,4-8H2,1-3H3,(H,18,19). The Morgan fingerprint density at radius 3 is 2.67 bits per heavy atom. The van der Waals surface area contributed by atoms with E-state index in [-0.39, 0.29) is 0 Å². The maximum absolute atomic E-state index is 5.59. The molecule has 1 aliphatic carbocycles. The second-order valence-corrected chi connectivity index (χ2v) is 5.37. The fraction of sp³-hybridized carbons (Fsp3) is 0.471. The molecule has 4 heteroatoms. The van der Waals surface area contributed by atoms with E-state index in [2.05, 4.69) is 12.2 Å². The Kier molecular flexibility index (Phi) is 3.86. The molecule has 4 nitrogen and oxygen atoms in total. The summed E-state index contributed by atoms with van der Waals surface area (Å²) in [5.41, 5.74) is 4.72. The molecule has 0 bridgehead atoms. The van der Waals surface area contributed by atoms with E-state index in [9.17, 15) is 0 Å². The molecule has 0 atom stereocenters. The summed E-state index contributed by atoms with van der Waals surface area (Å²) in [5.74, 6) is 1.60. The van der Waals surface area contributed by atoms with Crippen molar-refractivity contribution in [1.82, 2.24) is 4.98 Å². The van der Waals surface area contributed by atoms with E-state index in [1.807, 2.05) is 12.1 Å². The van der Waals surface area contributed by atoms with E-state index in [0.717, 1.165) is 41.8 Å². The number of nitrogens with zero attached hydrogens (tertiary/aromatic N) is 1. The number of fused-ring (bicyclic) bond motifs is 2. The molecule has 1 aromatic heterocycles. The number of aromatic nitrogens is 1. The number of pyridine rings is 1. The van der Waals surface area contributed by atoms with Crippen LogP contribution in [-0.4, -0.2) is 25.7 Å². The lowest BCUT2D eigenvalue weighted by Gasteiger charge is -2.22. The van der Waals surface area contributed by atoms with Crippen LogP contribution in [0.3, 0.4) is 0 Å². The zero-order valence-corrected chi connectivity index (χ0v) is 13.0.